The molecule has 0 bridgehead atoms. The lowest BCUT2D eigenvalue weighted by molar-refractivity contribution is 0.0685. The van der Waals surface area contributed by atoms with Crippen LogP contribution in [0.1, 0.15) is 45.7 Å². The van der Waals surface area contributed by atoms with Gasteiger partial charge in [-0.25, -0.2) is 4.79 Å². The van der Waals surface area contributed by atoms with Gasteiger partial charge in [-0.3, -0.25) is 0 Å². The second kappa shape index (κ2) is 8.94. The van der Waals surface area contributed by atoms with Crippen molar-refractivity contribution in [1.29, 1.82) is 0 Å². The molecule has 1 N–H and O–H groups in total. The number of hydrogen-bond donors (Lipinski definition) is 1. The number of rotatable bonds is 6. The number of carboxylic acid groups (broad SMARTS) is 1. The Bertz CT molecular complexity index is 1110. The fourth-order valence-electron chi connectivity index (χ4n) is 3.70. The van der Waals surface area contributed by atoms with Crippen molar-refractivity contribution in [2.75, 3.05) is 0 Å². The first-order chi connectivity index (χ1) is 14.5. The van der Waals surface area contributed by atoms with E-state index >= 15 is 0 Å². The van der Waals surface area contributed by atoms with Crippen molar-refractivity contribution in [2.45, 2.75) is 32.4 Å². The lowest BCUT2D eigenvalue weighted by Crippen LogP contribution is -2.16. The summed E-state index contributed by atoms with van der Waals surface area (Å²) in [5.74, 6) is -0.978. The van der Waals surface area contributed by atoms with E-state index in [0.29, 0.717) is 23.2 Å². The minimum Gasteiger partial charge on any atom is -0.477 e. The van der Waals surface area contributed by atoms with Crippen molar-refractivity contribution in [3.8, 4) is 0 Å². The van der Waals surface area contributed by atoms with Gasteiger partial charge in [0.25, 0.3) is 0 Å². The Morgan fingerprint density at radius 2 is 1.83 bits per heavy atom. The number of carboxylic acids is 1. The Hall–Kier alpha value is -2.76. The summed E-state index contributed by atoms with van der Waals surface area (Å²) in [7, 11) is 0. The molecule has 1 heterocycles. The Morgan fingerprint density at radius 1 is 1.03 bits per heavy atom. The summed E-state index contributed by atoms with van der Waals surface area (Å²) in [6.45, 7) is 0.765. The van der Waals surface area contributed by atoms with Gasteiger partial charge < -0.3 is 14.5 Å². The maximum absolute atomic E-state index is 11.9. The molecule has 3 aromatic rings. The average Bonchev–Trinajstić information content (AvgIpc) is 3.11. The van der Waals surface area contributed by atoms with Gasteiger partial charge in [0, 0.05) is 17.8 Å². The van der Waals surface area contributed by atoms with Crippen molar-refractivity contribution >= 4 is 34.9 Å². The minimum absolute atomic E-state index is 0.226. The highest BCUT2D eigenvalue weighted by Gasteiger charge is 2.26. The highest BCUT2D eigenvalue weighted by atomic mass is 35.5. The standard InChI is InChI=1S/C23H20Cl2N2O3/c24-18-10-9-16(11-19(18)25)13-27-21-8-4-7-20(17(21)12-22(27)23(28)29)26-30-14-15-5-2-1-3-6-15/h1-3,5-6,9-12H,4,7-8,13-14H2,(H,28,29)/b26-20+. The van der Waals surface area contributed by atoms with Crippen LogP contribution in [0.4, 0.5) is 0 Å². The molecule has 0 saturated carbocycles. The zero-order chi connectivity index (χ0) is 21.1. The molecule has 0 saturated heterocycles. The number of hydrogen-bond acceptors (Lipinski definition) is 3. The second-order valence-electron chi connectivity index (χ2n) is 7.18. The van der Waals surface area contributed by atoms with E-state index in [-0.39, 0.29) is 5.69 Å². The van der Waals surface area contributed by atoms with Crippen molar-refractivity contribution in [1.82, 2.24) is 4.57 Å². The molecule has 2 aromatic carbocycles. The number of fused-ring (bicyclic) bond motifs is 1. The summed E-state index contributed by atoms with van der Waals surface area (Å²) in [4.78, 5) is 17.5. The van der Waals surface area contributed by atoms with Crippen molar-refractivity contribution in [3.63, 3.8) is 0 Å². The van der Waals surface area contributed by atoms with Gasteiger partial charge in [-0.2, -0.15) is 0 Å². The molecule has 1 aliphatic carbocycles. The van der Waals surface area contributed by atoms with E-state index in [9.17, 15) is 9.90 Å². The molecule has 1 aliphatic rings. The Morgan fingerprint density at radius 3 is 2.57 bits per heavy atom. The van der Waals surface area contributed by atoms with Crippen LogP contribution in [0.3, 0.4) is 0 Å². The highest BCUT2D eigenvalue weighted by Crippen LogP contribution is 2.29. The van der Waals surface area contributed by atoms with E-state index in [2.05, 4.69) is 5.16 Å². The van der Waals surface area contributed by atoms with E-state index in [1.807, 2.05) is 41.0 Å². The quantitative estimate of drug-likeness (QED) is 0.490. The Balaban J connectivity index is 1.63. The van der Waals surface area contributed by atoms with E-state index in [0.717, 1.165) is 47.4 Å². The number of aromatic carboxylic acids is 1. The molecule has 0 amide bonds. The molecule has 4 rings (SSSR count). The maximum Gasteiger partial charge on any atom is 0.352 e. The number of nitrogens with zero attached hydrogens (tertiary/aromatic N) is 2. The minimum atomic E-state index is -0.978. The molecule has 154 valence electrons. The van der Waals surface area contributed by atoms with Crippen LogP contribution in [0.15, 0.2) is 59.8 Å². The third-order valence-corrected chi connectivity index (χ3v) is 5.88. The molecule has 5 nitrogen and oxygen atoms in total. The predicted molar refractivity (Wildman–Crippen MR) is 118 cm³/mol. The zero-order valence-corrected chi connectivity index (χ0v) is 17.7. The van der Waals surface area contributed by atoms with Gasteiger partial charge in [-0.15, -0.1) is 0 Å². The fraction of sp³-hybridized carbons (Fsp3) is 0.217. The van der Waals surface area contributed by atoms with Crippen LogP contribution in [0.2, 0.25) is 10.0 Å². The summed E-state index contributed by atoms with van der Waals surface area (Å²) >= 11 is 12.1. The van der Waals surface area contributed by atoms with Crippen LogP contribution in [0, 0.1) is 0 Å². The van der Waals surface area contributed by atoms with E-state index in [1.54, 1.807) is 18.2 Å². The van der Waals surface area contributed by atoms with Crippen LogP contribution in [-0.4, -0.2) is 21.4 Å². The topological polar surface area (TPSA) is 63.8 Å². The molecular weight excluding hydrogens is 423 g/mol. The molecule has 30 heavy (non-hydrogen) atoms. The first-order valence-corrected chi connectivity index (χ1v) is 10.4. The smallest absolute Gasteiger partial charge is 0.352 e. The molecule has 0 unspecified atom stereocenters. The predicted octanol–water partition coefficient (Wildman–Crippen LogP) is 5.80. The number of halogens is 2. The van der Waals surface area contributed by atoms with E-state index in [1.165, 1.54) is 0 Å². The molecular formula is C23H20Cl2N2O3. The summed E-state index contributed by atoms with van der Waals surface area (Å²) < 4.78 is 1.82. The monoisotopic (exact) mass is 442 g/mol. The van der Waals surface area contributed by atoms with E-state index < -0.39 is 5.97 Å². The van der Waals surface area contributed by atoms with Gasteiger partial charge in [0.1, 0.15) is 12.3 Å². The number of oxime groups is 1. The second-order valence-corrected chi connectivity index (χ2v) is 7.99. The Labute approximate surface area is 184 Å². The normalized spacial score (nSPS) is 14.5. The van der Waals surface area contributed by atoms with Crippen molar-refractivity contribution in [3.05, 3.63) is 92.7 Å². The summed E-state index contributed by atoms with van der Waals surface area (Å²) in [5.41, 5.74) is 4.71. The number of benzene rings is 2. The molecule has 7 heteroatoms. The zero-order valence-electron chi connectivity index (χ0n) is 16.1. The lowest BCUT2D eigenvalue weighted by atomic mass is 9.96. The largest absolute Gasteiger partial charge is 0.477 e. The van der Waals surface area contributed by atoms with Crippen LogP contribution in [0.25, 0.3) is 0 Å². The highest BCUT2D eigenvalue weighted by molar-refractivity contribution is 6.42. The van der Waals surface area contributed by atoms with Crippen LogP contribution in [-0.2, 0) is 24.4 Å². The van der Waals surface area contributed by atoms with Crippen LogP contribution in [0.5, 0.6) is 0 Å². The first-order valence-electron chi connectivity index (χ1n) is 9.65. The molecule has 0 aliphatic heterocycles. The van der Waals surface area contributed by atoms with Gasteiger partial charge in [-0.1, -0.05) is 64.8 Å². The third kappa shape index (κ3) is 4.37. The van der Waals surface area contributed by atoms with Crippen molar-refractivity contribution in [2.24, 2.45) is 5.16 Å². The van der Waals surface area contributed by atoms with Crippen LogP contribution < -0.4 is 0 Å². The third-order valence-electron chi connectivity index (χ3n) is 5.14. The van der Waals surface area contributed by atoms with Gasteiger partial charge in [0.05, 0.1) is 15.8 Å². The maximum atomic E-state index is 11.9. The van der Waals surface area contributed by atoms with Crippen molar-refractivity contribution < 1.29 is 14.7 Å². The molecule has 0 fully saturated rings. The molecule has 0 spiro atoms. The molecule has 0 radical (unpaired) electrons. The Kier molecular flexibility index (Phi) is 6.11. The fourth-order valence-corrected chi connectivity index (χ4v) is 4.02. The van der Waals surface area contributed by atoms with Crippen LogP contribution >= 0.6 is 23.2 Å². The first kappa shape index (κ1) is 20.5. The molecule has 0 atom stereocenters. The van der Waals surface area contributed by atoms with Gasteiger partial charge in [0.15, 0.2) is 0 Å². The van der Waals surface area contributed by atoms with Gasteiger partial charge in [0.2, 0.25) is 0 Å². The summed E-state index contributed by atoms with van der Waals surface area (Å²) in [6, 6.07) is 16.8. The average molecular weight is 443 g/mol. The summed E-state index contributed by atoms with van der Waals surface area (Å²) in [6.07, 6.45) is 2.41. The van der Waals surface area contributed by atoms with Gasteiger partial charge in [-0.05, 0) is 48.6 Å². The SMILES string of the molecule is O=C(O)c1cc2c(n1Cc1ccc(Cl)c(Cl)c1)CCC/C2=N\OCc1ccccc1. The number of aromatic nitrogens is 1. The lowest BCUT2D eigenvalue weighted by Gasteiger charge is -2.18. The van der Waals surface area contributed by atoms with E-state index in [4.69, 9.17) is 28.0 Å². The summed E-state index contributed by atoms with van der Waals surface area (Å²) in [5, 5.41) is 15.0. The van der Waals surface area contributed by atoms with Gasteiger partial charge >= 0.3 is 5.97 Å². The molecule has 1 aromatic heterocycles. The number of carbonyl (C=O) groups is 1.